The van der Waals surface area contributed by atoms with Gasteiger partial charge in [-0.15, -0.1) is 0 Å². The molecule has 114 valence electrons. The Morgan fingerprint density at radius 2 is 2.05 bits per heavy atom. The highest BCUT2D eigenvalue weighted by Crippen LogP contribution is 2.30. The first-order chi connectivity index (χ1) is 10.5. The van der Waals surface area contributed by atoms with Gasteiger partial charge in [0.05, 0.1) is 22.9 Å². The third kappa shape index (κ3) is 2.46. The maximum absolute atomic E-state index is 12.4. The molecule has 6 heteroatoms. The summed E-state index contributed by atoms with van der Waals surface area (Å²) in [5, 5.41) is 3.41. The van der Waals surface area contributed by atoms with Crippen LogP contribution in [0.2, 0.25) is 0 Å². The van der Waals surface area contributed by atoms with E-state index in [-0.39, 0.29) is 5.91 Å². The van der Waals surface area contributed by atoms with E-state index in [0.717, 1.165) is 27.3 Å². The second kappa shape index (κ2) is 5.46. The molecular weight excluding hydrogens is 300 g/mol. The first-order valence-electron chi connectivity index (χ1n) is 6.82. The number of hydrogen-bond acceptors (Lipinski definition) is 5. The van der Waals surface area contributed by atoms with Gasteiger partial charge in [0.1, 0.15) is 17.3 Å². The number of methoxy groups -OCH3 is 1. The minimum Gasteiger partial charge on any atom is -0.497 e. The second-order valence-electron chi connectivity index (χ2n) is 5.02. The predicted molar refractivity (Wildman–Crippen MR) is 87.0 cm³/mol. The van der Waals surface area contributed by atoms with E-state index in [4.69, 9.17) is 9.15 Å². The number of fused-ring (bicyclic) bond motifs is 1. The molecule has 0 saturated heterocycles. The Bertz CT molecular complexity index is 864. The smallest absolute Gasteiger partial charge is 0.261 e. The average molecular weight is 316 g/mol. The number of aromatic nitrogens is 1. The van der Waals surface area contributed by atoms with E-state index in [1.807, 2.05) is 32.0 Å². The lowest BCUT2D eigenvalue weighted by Gasteiger charge is -2.01. The number of nitrogens with one attached hydrogen (secondary N) is 1. The highest BCUT2D eigenvalue weighted by molar-refractivity contribution is 7.22. The lowest BCUT2D eigenvalue weighted by molar-refractivity contribution is 0.102. The molecule has 0 fully saturated rings. The molecule has 1 N–H and O–H groups in total. The molecule has 1 amide bonds. The van der Waals surface area contributed by atoms with Gasteiger partial charge in [-0.3, -0.25) is 10.1 Å². The quantitative estimate of drug-likeness (QED) is 0.791. The van der Waals surface area contributed by atoms with Crippen LogP contribution >= 0.6 is 11.3 Å². The highest BCUT2D eigenvalue weighted by Gasteiger charge is 2.19. The molecular formula is C16H16N2O3S. The monoisotopic (exact) mass is 316 g/mol. The van der Waals surface area contributed by atoms with Gasteiger partial charge in [0.25, 0.3) is 5.91 Å². The van der Waals surface area contributed by atoms with Gasteiger partial charge in [-0.05, 0) is 39.0 Å². The molecule has 0 aliphatic rings. The van der Waals surface area contributed by atoms with E-state index in [2.05, 4.69) is 10.3 Å². The van der Waals surface area contributed by atoms with Crippen LogP contribution in [0.15, 0.2) is 22.6 Å². The summed E-state index contributed by atoms with van der Waals surface area (Å²) in [4.78, 5) is 16.9. The zero-order chi connectivity index (χ0) is 15.9. The third-order valence-corrected chi connectivity index (χ3v) is 4.54. The summed E-state index contributed by atoms with van der Waals surface area (Å²) in [6.45, 7) is 5.52. The van der Waals surface area contributed by atoms with E-state index in [1.54, 1.807) is 14.0 Å². The minimum atomic E-state index is -0.196. The fourth-order valence-corrected chi connectivity index (χ4v) is 3.26. The van der Waals surface area contributed by atoms with Gasteiger partial charge in [-0.25, -0.2) is 4.98 Å². The topological polar surface area (TPSA) is 64.4 Å². The number of aryl methyl sites for hydroxylation is 2. The van der Waals surface area contributed by atoms with Gasteiger partial charge < -0.3 is 9.15 Å². The van der Waals surface area contributed by atoms with Crippen molar-refractivity contribution in [3.63, 3.8) is 0 Å². The van der Waals surface area contributed by atoms with Crippen molar-refractivity contribution in [2.45, 2.75) is 20.8 Å². The normalized spacial score (nSPS) is 10.9. The minimum absolute atomic E-state index is 0.196. The maximum Gasteiger partial charge on any atom is 0.261 e. The molecule has 3 aromatic rings. The Morgan fingerprint density at radius 3 is 2.68 bits per heavy atom. The van der Waals surface area contributed by atoms with Crippen molar-refractivity contribution in [3.05, 3.63) is 40.8 Å². The summed E-state index contributed by atoms with van der Waals surface area (Å²) < 4.78 is 11.7. The average Bonchev–Trinajstić information content (AvgIpc) is 2.98. The van der Waals surface area contributed by atoms with Crippen molar-refractivity contribution in [1.82, 2.24) is 4.98 Å². The second-order valence-corrected chi connectivity index (χ2v) is 6.05. The number of ether oxygens (including phenoxy) is 1. The Morgan fingerprint density at radius 1 is 1.27 bits per heavy atom. The standard InChI is InChI=1S/C16H16N2O3S/c1-8-9(2)21-10(3)14(8)15(19)18-16-17-12-6-5-11(20-4)7-13(12)22-16/h5-7H,1-4H3,(H,17,18,19). The van der Waals surface area contributed by atoms with Gasteiger partial charge in [0, 0.05) is 5.56 Å². The number of hydrogen-bond donors (Lipinski definition) is 1. The molecule has 0 bridgehead atoms. The maximum atomic E-state index is 12.4. The summed E-state index contributed by atoms with van der Waals surface area (Å²) in [7, 11) is 1.62. The molecule has 22 heavy (non-hydrogen) atoms. The molecule has 0 atom stereocenters. The zero-order valence-corrected chi connectivity index (χ0v) is 13.6. The van der Waals surface area contributed by atoms with Crippen molar-refractivity contribution in [3.8, 4) is 5.75 Å². The van der Waals surface area contributed by atoms with Crippen LogP contribution in [-0.4, -0.2) is 18.0 Å². The van der Waals surface area contributed by atoms with Crippen LogP contribution in [0.25, 0.3) is 10.2 Å². The van der Waals surface area contributed by atoms with Gasteiger partial charge >= 0.3 is 0 Å². The van der Waals surface area contributed by atoms with Crippen molar-refractivity contribution in [2.24, 2.45) is 0 Å². The number of carbonyl (C=O) groups excluding carboxylic acids is 1. The Labute approximate surface area is 131 Å². The van der Waals surface area contributed by atoms with E-state index < -0.39 is 0 Å². The number of rotatable bonds is 3. The van der Waals surface area contributed by atoms with Gasteiger partial charge in [0.2, 0.25) is 0 Å². The number of amides is 1. The molecule has 0 saturated carbocycles. The van der Waals surface area contributed by atoms with Crippen LogP contribution in [0, 0.1) is 20.8 Å². The molecule has 0 aliphatic heterocycles. The molecule has 5 nitrogen and oxygen atoms in total. The molecule has 2 aromatic heterocycles. The Hall–Kier alpha value is -2.34. The largest absolute Gasteiger partial charge is 0.497 e. The molecule has 3 rings (SSSR count). The van der Waals surface area contributed by atoms with E-state index in [1.165, 1.54) is 11.3 Å². The van der Waals surface area contributed by atoms with Gasteiger partial charge in [0.15, 0.2) is 5.13 Å². The lowest BCUT2D eigenvalue weighted by atomic mass is 10.1. The number of thiazole rings is 1. The summed E-state index contributed by atoms with van der Waals surface area (Å²) >= 11 is 1.41. The van der Waals surface area contributed by atoms with Crippen LogP contribution in [-0.2, 0) is 0 Å². The third-order valence-electron chi connectivity index (χ3n) is 3.60. The number of benzene rings is 1. The first-order valence-corrected chi connectivity index (χ1v) is 7.63. The Kier molecular flexibility index (Phi) is 3.62. The van der Waals surface area contributed by atoms with Crippen LogP contribution in [0.3, 0.4) is 0 Å². The summed E-state index contributed by atoms with van der Waals surface area (Å²) in [6.07, 6.45) is 0. The van der Waals surface area contributed by atoms with E-state index >= 15 is 0 Å². The van der Waals surface area contributed by atoms with Crippen LogP contribution in [0.1, 0.15) is 27.4 Å². The van der Waals surface area contributed by atoms with Gasteiger partial charge in [-0.2, -0.15) is 0 Å². The predicted octanol–water partition coefficient (Wildman–Crippen LogP) is 4.08. The molecule has 0 aliphatic carbocycles. The molecule has 1 aromatic carbocycles. The number of furan rings is 1. The molecule has 0 radical (unpaired) electrons. The summed E-state index contributed by atoms with van der Waals surface area (Å²) in [5.41, 5.74) is 2.27. The SMILES string of the molecule is COc1ccc2nc(NC(=O)c3c(C)oc(C)c3C)sc2c1. The molecule has 0 unspecified atom stereocenters. The van der Waals surface area contributed by atoms with E-state index in [9.17, 15) is 4.79 Å². The van der Waals surface area contributed by atoms with Crippen LogP contribution in [0.4, 0.5) is 5.13 Å². The molecule has 2 heterocycles. The lowest BCUT2D eigenvalue weighted by Crippen LogP contribution is -2.13. The Balaban J connectivity index is 1.91. The van der Waals surface area contributed by atoms with Gasteiger partial charge in [-0.1, -0.05) is 11.3 Å². The summed E-state index contributed by atoms with van der Waals surface area (Å²) in [6, 6.07) is 5.63. The van der Waals surface area contributed by atoms with Crippen molar-refractivity contribution < 1.29 is 13.9 Å². The molecule has 0 spiro atoms. The fraction of sp³-hybridized carbons (Fsp3) is 0.250. The van der Waals surface area contributed by atoms with Crippen molar-refractivity contribution in [1.29, 1.82) is 0 Å². The number of anilines is 1. The first kappa shape index (κ1) is 14.6. The van der Waals surface area contributed by atoms with Crippen LogP contribution in [0.5, 0.6) is 5.75 Å². The fourth-order valence-electron chi connectivity index (χ4n) is 2.37. The number of carbonyl (C=O) groups is 1. The van der Waals surface area contributed by atoms with Crippen molar-refractivity contribution >= 4 is 32.6 Å². The highest BCUT2D eigenvalue weighted by atomic mass is 32.1. The number of nitrogens with zero attached hydrogens (tertiary/aromatic N) is 1. The summed E-state index contributed by atoms with van der Waals surface area (Å²) in [5.74, 6) is 1.95. The van der Waals surface area contributed by atoms with E-state index in [0.29, 0.717) is 16.5 Å². The van der Waals surface area contributed by atoms with Crippen LogP contribution < -0.4 is 10.1 Å². The van der Waals surface area contributed by atoms with Crippen molar-refractivity contribution in [2.75, 3.05) is 12.4 Å². The zero-order valence-electron chi connectivity index (χ0n) is 12.8.